The molecular weight excluding hydrogens is 368 g/mol. The first-order chi connectivity index (χ1) is 13.7. The summed E-state index contributed by atoms with van der Waals surface area (Å²) in [5.41, 5.74) is 2.15. The highest BCUT2D eigenvalue weighted by molar-refractivity contribution is 5.82. The van der Waals surface area contributed by atoms with Gasteiger partial charge >= 0.3 is 11.6 Å². The first kappa shape index (κ1) is 20.6. The lowest BCUT2D eigenvalue weighted by atomic mass is 9.87. The number of hydrogen-bond donors (Lipinski definition) is 0. The lowest BCUT2D eigenvalue weighted by molar-refractivity contribution is -0.134. The zero-order chi connectivity index (χ0) is 21.0. The number of carbonyl (C=O) groups excluding carboxylic acids is 1. The van der Waals surface area contributed by atoms with E-state index >= 15 is 0 Å². The Morgan fingerprint density at radius 1 is 1.00 bits per heavy atom. The normalized spacial score (nSPS) is 11.4. The first-order valence-corrected chi connectivity index (χ1v) is 9.71. The van der Waals surface area contributed by atoms with Crippen molar-refractivity contribution in [1.82, 2.24) is 0 Å². The maximum Gasteiger partial charge on any atom is 0.336 e. The Hall–Kier alpha value is -3.08. The van der Waals surface area contributed by atoms with Crippen LogP contribution in [0.5, 0.6) is 11.5 Å². The van der Waals surface area contributed by atoms with E-state index in [0.29, 0.717) is 24.4 Å². The number of aryl methyl sites for hydroxylation is 1. The molecule has 1 heterocycles. The van der Waals surface area contributed by atoms with E-state index in [1.54, 1.807) is 18.2 Å². The number of carbonyl (C=O) groups is 1. The van der Waals surface area contributed by atoms with Crippen LogP contribution in [0.15, 0.2) is 57.7 Å². The van der Waals surface area contributed by atoms with Gasteiger partial charge in [-0.15, -0.1) is 0 Å². The van der Waals surface area contributed by atoms with Crippen LogP contribution in [0.3, 0.4) is 0 Å². The Kier molecular flexibility index (Phi) is 6.06. The van der Waals surface area contributed by atoms with Gasteiger partial charge in [0.25, 0.3) is 0 Å². The molecular formula is C24H26O5. The Bertz CT molecular complexity index is 1060. The molecule has 0 aliphatic rings. The summed E-state index contributed by atoms with van der Waals surface area (Å²) >= 11 is 0. The highest BCUT2D eigenvalue weighted by Gasteiger charge is 2.13. The van der Waals surface area contributed by atoms with Crippen LogP contribution in [0, 0.1) is 6.92 Å². The van der Waals surface area contributed by atoms with E-state index < -0.39 is 5.63 Å². The topological polar surface area (TPSA) is 65.7 Å². The molecule has 0 amide bonds. The van der Waals surface area contributed by atoms with Gasteiger partial charge in [0.15, 0.2) is 0 Å². The summed E-state index contributed by atoms with van der Waals surface area (Å²) in [6.45, 7) is 8.76. The van der Waals surface area contributed by atoms with Crippen LogP contribution in [-0.2, 0) is 10.2 Å². The molecule has 152 valence electrons. The molecule has 0 unspecified atom stereocenters. The van der Waals surface area contributed by atoms with Crippen molar-refractivity contribution in [3.8, 4) is 11.5 Å². The van der Waals surface area contributed by atoms with Crippen LogP contribution >= 0.6 is 0 Å². The van der Waals surface area contributed by atoms with E-state index in [1.165, 1.54) is 11.6 Å². The molecule has 1 aromatic heterocycles. The van der Waals surface area contributed by atoms with Crippen LogP contribution in [-0.4, -0.2) is 12.6 Å². The van der Waals surface area contributed by atoms with E-state index in [-0.39, 0.29) is 17.8 Å². The van der Waals surface area contributed by atoms with Gasteiger partial charge in [-0.25, -0.2) is 4.79 Å². The lowest BCUT2D eigenvalue weighted by Gasteiger charge is -2.19. The maximum absolute atomic E-state index is 12.1. The van der Waals surface area contributed by atoms with E-state index in [2.05, 4.69) is 32.9 Å². The number of fused-ring (bicyclic) bond motifs is 1. The van der Waals surface area contributed by atoms with Crippen LogP contribution < -0.4 is 15.1 Å². The molecule has 0 saturated heterocycles. The molecule has 0 spiro atoms. The summed E-state index contributed by atoms with van der Waals surface area (Å²) in [5, 5.41) is 0.815. The van der Waals surface area contributed by atoms with Gasteiger partial charge in [-0.05, 0) is 54.2 Å². The van der Waals surface area contributed by atoms with E-state index in [1.807, 2.05) is 19.1 Å². The third-order valence-corrected chi connectivity index (χ3v) is 4.67. The molecule has 0 bridgehead atoms. The van der Waals surface area contributed by atoms with Gasteiger partial charge in [-0.3, -0.25) is 4.79 Å². The molecule has 29 heavy (non-hydrogen) atoms. The number of rotatable bonds is 6. The average Bonchev–Trinajstić information content (AvgIpc) is 2.64. The molecule has 0 N–H and O–H groups in total. The fourth-order valence-electron chi connectivity index (χ4n) is 3.01. The summed E-state index contributed by atoms with van der Waals surface area (Å²) in [5.74, 6) is 0.785. The van der Waals surface area contributed by atoms with Crippen molar-refractivity contribution in [2.24, 2.45) is 0 Å². The Morgan fingerprint density at radius 3 is 2.38 bits per heavy atom. The predicted molar refractivity (Wildman–Crippen MR) is 113 cm³/mol. The summed E-state index contributed by atoms with van der Waals surface area (Å²) in [6.07, 6.45) is 0.775. The number of hydrogen-bond acceptors (Lipinski definition) is 5. The molecule has 0 saturated carbocycles. The number of ether oxygens (including phenoxy) is 2. The largest absolute Gasteiger partial charge is 0.494 e. The molecule has 3 rings (SSSR count). The van der Waals surface area contributed by atoms with Gasteiger partial charge in [-0.1, -0.05) is 32.9 Å². The first-order valence-electron chi connectivity index (χ1n) is 9.71. The molecule has 0 aliphatic heterocycles. The van der Waals surface area contributed by atoms with E-state index in [0.717, 1.165) is 16.7 Å². The van der Waals surface area contributed by atoms with E-state index in [9.17, 15) is 9.59 Å². The maximum atomic E-state index is 12.1. The van der Waals surface area contributed by atoms with E-state index in [4.69, 9.17) is 13.9 Å². The van der Waals surface area contributed by atoms with Gasteiger partial charge in [0.05, 0.1) is 6.61 Å². The number of esters is 1. The zero-order valence-electron chi connectivity index (χ0n) is 17.3. The summed E-state index contributed by atoms with van der Waals surface area (Å²) < 4.78 is 16.2. The van der Waals surface area contributed by atoms with Gasteiger partial charge in [-0.2, -0.15) is 0 Å². The van der Waals surface area contributed by atoms with Crippen molar-refractivity contribution in [2.75, 3.05) is 6.61 Å². The zero-order valence-corrected chi connectivity index (χ0v) is 17.3. The summed E-state index contributed by atoms with van der Waals surface area (Å²) in [4.78, 5) is 23.6. The van der Waals surface area contributed by atoms with Crippen molar-refractivity contribution < 1.29 is 18.7 Å². The third kappa shape index (κ3) is 5.47. The highest BCUT2D eigenvalue weighted by atomic mass is 16.5. The Labute approximate surface area is 170 Å². The minimum atomic E-state index is -0.425. The average molecular weight is 394 g/mol. The predicted octanol–water partition coefficient (Wildman–Crippen LogP) is 5.16. The van der Waals surface area contributed by atoms with Crippen LogP contribution in [0.2, 0.25) is 0 Å². The van der Waals surface area contributed by atoms with Crippen molar-refractivity contribution in [3.63, 3.8) is 0 Å². The second-order valence-electron chi connectivity index (χ2n) is 8.11. The fraction of sp³-hybridized carbons (Fsp3) is 0.333. The monoisotopic (exact) mass is 394 g/mol. The molecule has 3 aromatic rings. The van der Waals surface area contributed by atoms with Crippen LogP contribution in [0.25, 0.3) is 11.0 Å². The SMILES string of the molecule is Cc1cc(=O)oc2cc(OC(=O)CCCOc3ccc(C(C)(C)C)cc3)ccc12. The third-order valence-electron chi connectivity index (χ3n) is 4.67. The summed E-state index contributed by atoms with van der Waals surface area (Å²) in [7, 11) is 0. The Balaban J connectivity index is 1.49. The minimum absolute atomic E-state index is 0.103. The Morgan fingerprint density at radius 2 is 1.69 bits per heavy atom. The molecule has 5 nitrogen and oxygen atoms in total. The molecule has 0 radical (unpaired) electrons. The standard InChI is InChI=1S/C24H26O5/c1-16-14-23(26)29-21-15-19(11-12-20(16)21)28-22(25)6-5-13-27-18-9-7-17(8-10-18)24(2,3)4/h7-12,14-15H,5-6,13H2,1-4H3. The highest BCUT2D eigenvalue weighted by Crippen LogP contribution is 2.25. The second-order valence-corrected chi connectivity index (χ2v) is 8.11. The number of benzene rings is 2. The van der Waals surface area contributed by atoms with Gasteiger partial charge in [0, 0.05) is 23.9 Å². The van der Waals surface area contributed by atoms with Gasteiger partial charge in [0.2, 0.25) is 0 Å². The fourth-order valence-corrected chi connectivity index (χ4v) is 3.01. The quantitative estimate of drug-likeness (QED) is 0.250. The van der Waals surface area contributed by atoms with Gasteiger partial charge in [0.1, 0.15) is 17.1 Å². The molecule has 2 aromatic carbocycles. The molecule has 0 fully saturated rings. The smallest absolute Gasteiger partial charge is 0.336 e. The van der Waals surface area contributed by atoms with Crippen molar-refractivity contribution in [1.29, 1.82) is 0 Å². The van der Waals surface area contributed by atoms with Gasteiger partial charge < -0.3 is 13.9 Å². The van der Waals surface area contributed by atoms with Crippen molar-refractivity contribution >= 4 is 16.9 Å². The molecule has 5 heteroatoms. The van der Waals surface area contributed by atoms with Crippen molar-refractivity contribution in [3.05, 3.63) is 70.1 Å². The molecule has 0 aliphatic carbocycles. The van der Waals surface area contributed by atoms with Crippen LogP contribution in [0.4, 0.5) is 0 Å². The second kappa shape index (κ2) is 8.52. The minimum Gasteiger partial charge on any atom is -0.494 e. The lowest BCUT2D eigenvalue weighted by Crippen LogP contribution is -2.11. The van der Waals surface area contributed by atoms with Crippen LogP contribution in [0.1, 0.15) is 44.7 Å². The summed E-state index contributed by atoms with van der Waals surface area (Å²) in [6, 6.07) is 14.5. The van der Waals surface area contributed by atoms with Crippen molar-refractivity contribution in [2.45, 2.75) is 46.0 Å². The molecule has 0 atom stereocenters.